The number of halogens is 2. The van der Waals surface area contributed by atoms with Crippen LogP contribution >= 0.6 is 11.3 Å². The van der Waals surface area contributed by atoms with Crippen LogP contribution in [0.15, 0.2) is 30.3 Å². The SMILES string of the molecule is Fc1ccc(F)c(-c2cc[c]s2)c1. The van der Waals surface area contributed by atoms with Gasteiger partial charge in [0.25, 0.3) is 0 Å². The van der Waals surface area contributed by atoms with Crippen molar-refractivity contribution < 1.29 is 8.78 Å². The monoisotopic (exact) mass is 195 g/mol. The molecule has 13 heavy (non-hydrogen) atoms. The first-order valence-electron chi connectivity index (χ1n) is 3.68. The summed E-state index contributed by atoms with van der Waals surface area (Å²) in [5.74, 6) is -0.831. The van der Waals surface area contributed by atoms with Crippen molar-refractivity contribution in [1.29, 1.82) is 0 Å². The van der Waals surface area contributed by atoms with Gasteiger partial charge < -0.3 is 0 Å². The molecule has 65 valence electrons. The van der Waals surface area contributed by atoms with Crippen LogP contribution in [0.3, 0.4) is 0 Å². The highest BCUT2D eigenvalue weighted by Crippen LogP contribution is 2.27. The van der Waals surface area contributed by atoms with Gasteiger partial charge in [-0.3, -0.25) is 0 Å². The van der Waals surface area contributed by atoms with Crippen LogP contribution in [0.1, 0.15) is 0 Å². The Bertz CT molecular complexity index is 407. The third-order valence-corrected chi connectivity index (χ3v) is 2.50. The maximum Gasteiger partial charge on any atom is 0.132 e. The second-order valence-corrected chi connectivity index (χ2v) is 3.42. The minimum absolute atomic E-state index is 0.297. The van der Waals surface area contributed by atoms with Gasteiger partial charge in [0, 0.05) is 15.8 Å². The van der Waals surface area contributed by atoms with E-state index in [0.29, 0.717) is 10.4 Å². The average molecular weight is 195 g/mol. The molecule has 2 rings (SSSR count). The number of benzene rings is 1. The average Bonchev–Trinajstić information content (AvgIpc) is 2.61. The zero-order chi connectivity index (χ0) is 9.26. The van der Waals surface area contributed by atoms with Crippen LogP contribution in [0.4, 0.5) is 8.78 Å². The quantitative estimate of drug-likeness (QED) is 0.653. The summed E-state index contributed by atoms with van der Waals surface area (Å²) in [5, 5.41) is 2.83. The van der Waals surface area contributed by atoms with Crippen LogP contribution in [-0.4, -0.2) is 0 Å². The first kappa shape index (κ1) is 8.38. The largest absolute Gasteiger partial charge is 0.207 e. The van der Waals surface area contributed by atoms with E-state index in [2.05, 4.69) is 5.38 Å². The fourth-order valence-corrected chi connectivity index (χ4v) is 1.74. The highest BCUT2D eigenvalue weighted by molar-refractivity contribution is 7.13. The van der Waals surface area contributed by atoms with Crippen LogP contribution in [0.2, 0.25) is 0 Å². The van der Waals surface area contributed by atoms with E-state index >= 15 is 0 Å². The second kappa shape index (κ2) is 3.26. The summed E-state index contributed by atoms with van der Waals surface area (Å²) in [6, 6.07) is 6.82. The van der Waals surface area contributed by atoms with Gasteiger partial charge in [-0.15, -0.1) is 11.3 Å². The second-order valence-electron chi connectivity index (χ2n) is 2.54. The van der Waals surface area contributed by atoms with Gasteiger partial charge in [-0.05, 0) is 30.3 Å². The van der Waals surface area contributed by atoms with Crippen molar-refractivity contribution in [3.8, 4) is 10.4 Å². The van der Waals surface area contributed by atoms with E-state index in [1.807, 2.05) is 0 Å². The van der Waals surface area contributed by atoms with Gasteiger partial charge in [0.05, 0.1) is 0 Å². The number of hydrogen-bond donors (Lipinski definition) is 0. The molecule has 0 fully saturated rings. The molecule has 0 spiro atoms. The Morgan fingerprint density at radius 3 is 2.69 bits per heavy atom. The van der Waals surface area contributed by atoms with Gasteiger partial charge in [-0.25, -0.2) is 8.78 Å². The molecule has 0 N–H and O–H groups in total. The Hall–Kier alpha value is -1.22. The predicted octanol–water partition coefficient (Wildman–Crippen LogP) is 3.49. The maximum atomic E-state index is 13.2. The Labute approximate surface area is 78.5 Å². The van der Waals surface area contributed by atoms with Gasteiger partial charge in [0.2, 0.25) is 0 Å². The normalized spacial score (nSPS) is 10.3. The lowest BCUT2D eigenvalue weighted by molar-refractivity contribution is 0.603. The maximum absolute atomic E-state index is 13.2. The third kappa shape index (κ3) is 1.60. The van der Waals surface area contributed by atoms with Crippen molar-refractivity contribution in [1.82, 2.24) is 0 Å². The predicted molar refractivity (Wildman–Crippen MR) is 48.5 cm³/mol. The molecule has 3 heteroatoms. The van der Waals surface area contributed by atoms with E-state index < -0.39 is 11.6 Å². The lowest BCUT2D eigenvalue weighted by Crippen LogP contribution is -1.82. The van der Waals surface area contributed by atoms with Gasteiger partial charge in [0.15, 0.2) is 0 Å². The number of thiophene rings is 1. The first-order valence-corrected chi connectivity index (χ1v) is 4.50. The van der Waals surface area contributed by atoms with Crippen molar-refractivity contribution in [2.24, 2.45) is 0 Å². The number of hydrogen-bond acceptors (Lipinski definition) is 1. The molecule has 0 aliphatic heterocycles. The topological polar surface area (TPSA) is 0 Å². The van der Waals surface area contributed by atoms with Crippen molar-refractivity contribution in [2.75, 3.05) is 0 Å². The van der Waals surface area contributed by atoms with E-state index in [4.69, 9.17) is 0 Å². The molecule has 0 nitrogen and oxygen atoms in total. The minimum Gasteiger partial charge on any atom is -0.207 e. The molecule has 0 atom stereocenters. The standard InChI is InChI=1S/C10H5F2S/c11-7-3-4-9(12)8(6-7)10-2-1-5-13-10/h1-4,6H. The van der Waals surface area contributed by atoms with E-state index in [1.165, 1.54) is 17.4 Å². The molecule has 0 bridgehead atoms. The van der Waals surface area contributed by atoms with Crippen molar-refractivity contribution in [3.05, 3.63) is 47.3 Å². The van der Waals surface area contributed by atoms with Crippen LogP contribution in [0, 0.1) is 17.0 Å². The number of rotatable bonds is 1. The molecular weight excluding hydrogens is 190 g/mol. The highest BCUT2D eigenvalue weighted by Gasteiger charge is 2.06. The smallest absolute Gasteiger partial charge is 0.132 e. The Morgan fingerprint density at radius 1 is 1.15 bits per heavy atom. The molecular formula is C10H5F2S. The summed E-state index contributed by atoms with van der Waals surface area (Å²) in [7, 11) is 0. The summed E-state index contributed by atoms with van der Waals surface area (Å²) in [4.78, 5) is 0.692. The summed E-state index contributed by atoms with van der Waals surface area (Å²) in [5.41, 5.74) is 0.297. The van der Waals surface area contributed by atoms with Gasteiger partial charge in [0.1, 0.15) is 11.6 Å². The van der Waals surface area contributed by atoms with Gasteiger partial charge >= 0.3 is 0 Å². The van der Waals surface area contributed by atoms with Crippen LogP contribution in [0.5, 0.6) is 0 Å². The minimum atomic E-state index is -0.426. The van der Waals surface area contributed by atoms with Gasteiger partial charge in [-0.1, -0.05) is 0 Å². The molecule has 1 heterocycles. The van der Waals surface area contributed by atoms with E-state index in [9.17, 15) is 8.78 Å². The highest BCUT2D eigenvalue weighted by atomic mass is 32.1. The fourth-order valence-electron chi connectivity index (χ4n) is 1.07. The molecule has 0 aliphatic carbocycles. The van der Waals surface area contributed by atoms with E-state index in [0.717, 1.165) is 12.1 Å². The van der Waals surface area contributed by atoms with Crippen LogP contribution in [0.25, 0.3) is 10.4 Å². The molecule has 1 radical (unpaired) electrons. The van der Waals surface area contributed by atoms with Crippen molar-refractivity contribution in [3.63, 3.8) is 0 Å². The molecule has 1 aromatic heterocycles. The molecule has 0 saturated heterocycles. The summed E-state index contributed by atoms with van der Waals surface area (Å²) in [6.45, 7) is 0. The summed E-state index contributed by atoms with van der Waals surface area (Å²) in [6.07, 6.45) is 0. The molecule has 1 aromatic carbocycles. The van der Waals surface area contributed by atoms with Crippen LogP contribution in [-0.2, 0) is 0 Å². The fraction of sp³-hybridized carbons (Fsp3) is 0. The van der Waals surface area contributed by atoms with Crippen molar-refractivity contribution >= 4 is 11.3 Å². The zero-order valence-electron chi connectivity index (χ0n) is 6.55. The summed E-state index contributed by atoms with van der Waals surface area (Å²) < 4.78 is 25.9. The lowest BCUT2D eigenvalue weighted by Gasteiger charge is -1.98. The summed E-state index contributed by atoms with van der Waals surface area (Å²) >= 11 is 1.27. The van der Waals surface area contributed by atoms with Gasteiger partial charge in [-0.2, -0.15) is 0 Å². The van der Waals surface area contributed by atoms with E-state index in [1.54, 1.807) is 12.1 Å². The van der Waals surface area contributed by atoms with Crippen molar-refractivity contribution in [2.45, 2.75) is 0 Å². The third-order valence-electron chi connectivity index (χ3n) is 1.67. The molecule has 0 amide bonds. The van der Waals surface area contributed by atoms with Crippen LogP contribution < -0.4 is 0 Å². The Morgan fingerprint density at radius 2 is 2.00 bits per heavy atom. The first-order chi connectivity index (χ1) is 6.27. The Balaban J connectivity index is 2.57. The molecule has 0 saturated carbocycles. The molecule has 0 aliphatic rings. The Kier molecular flexibility index (Phi) is 2.10. The lowest BCUT2D eigenvalue weighted by atomic mass is 10.2. The molecule has 2 aromatic rings. The molecule has 0 unspecified atom stereocenters. The zero-order valence-corrected chi connectivity index (χ0v) is 7.37. The van der Waals surface area contributed by atoms with E-state index in [-0.39, 0.29) is 0 Å².